The third kappa shape index (κ3) is 4.27. The lowest BCUT2D eigenvalue weighted by molar-refractivity contribution is 0.100. The van der Waals surface area contributed by atoms with Crippen molar-refractivity contribution in [1.29, 1.82) is 0 Å². The number of primary amides is 1. The van der Waals surface area contributed by atoms with Crippen LogP contribution < -0.4 is 16.4 Å². The van der Waals surface area contributed by atoms with E-state index in [-0.39, 0.29) is 11.6 Å². The minimum atomic E-state index is -1.38. The lowest BCUT2D eigenvalue weighted by atomic mass is 10.1. The maximum atomic E-state index is 14.3. The molecule has 168 valence electrons. The zero-order valence-corrected chi connectivity index (χ0v) is 17.7. The third-order valence-electron chi connectivity index (χ3n) is 5.19. The van der Waals surface area contributed by atoms with Crippen molar-refractivity contribution in [2.45, 2.75) is 19.9 Å². The summed E-state index contributed by atoms with van der Waals surface area (Å²) in [5.41, 5.74) is 6.92. The minimum absolute atomic E-state index is 0.272. The number of para-hydroxylation sites is 1. The van der Waals surface area contributed by atoms with Gasteiger partial charge in [-0.2, -0.15) is 9.37 Å². The molecule has 0 aliphatic rings. The van der Waals surface area contributed by atoms with Crippen molar-refractivity contribution in [3.05, 3.63) is 83.1 Å². The molecule has 33 heavy (non-hydrogen) atoms. The number of amides is 1. The minimum Gasteiger partial charge on any atom is -0.366 e. The number of nitrogens with zero attached hydrogens (tertiary/aromatic N) is 3. The molecule has 1 unspecified atom stereocenters. The number of benzene rings is 2. The van der Waals surface area contributed by atoms with Gasteiger partial charge in [0.2, 0.25) is 0 Å². The molecule has 0 saturated heterocycles. The lowest BCUT2D eigenvalue weighted by Gasteiger charge is -2.18. The highest BCUT2D eigenvalue weighted by atomic mass is 19.2. The van der Waals surface area contributed by atoms with Gasteiger partial charge in [-0.05, 0) is 43.7 Å². The van der Waals surface area contributed by atoms with Crippen molar-refractivity contribution in [1.82, 2.24) is 15.0 Å². The quantitative estimate of drug-likeness (QED) is 0.364. The van der Waals surface area contributed by atoms with Gasteiger partial charge in [0.05, 0.1) is 17.1 Å². The van der Waals surface area contributed by atoms with Crippen molar-refractivity contribution in [2.75, 3.05) is 10.6 Å². The number of halogens is 3. The molecule has 2 aromatic heterocycles. The highest BCUT2D eigenvalue weighted by Gasteiger charge is 2.18. The van der Waals surface area contributed by atoms with Crippen molar-refractivity contribution in [3.8, 4) is 0 Å². The molecule has 2 aromatic carbocycles. The summed E-state index contributed by atoms with van der Waals surface area (Å²) in [6, 6.07) is 11.7. The first-order valence-corrected chi connectivity index (χ1v) is 9.94. The van der Waals surface area contributed by atoms with Crippen LogP contribution in [0.25, 0.3) is 10.9 Å². The van der Waals surface area contributed by atoms with E-state index >= 15 is 0 Å². The molecule has 4 N–H and O–H groups in total. The monoisotopic (exact) mass is 452 g/mol. The zero-order chi connectivity index (χ0) is 23.7. The molecule has 0 saturated carbocycles. The maximum Gasteiger partial charge on any atom is 0.251 e. The average Bonchev–Trinajstić information content (AvgIpc) is 2.81. The molecule has 0 fully saturated rings. The van der Waals surface area contributed by atoms with Crippen molar-refractivity contribution in [2.24, 2.45) is 5.73 Å². The standard InChI is InChI=1S/C23H19F3N6O/c1-11-17(24)20(26)32-23(18(11)25)31-14-6-3-5-13(9-14)12(2)30-22-16-8-4-7-15(21(27)33)19(16)28-10-29-22/h3-10,12H,1-2H3,(H2,27,33)(H,31,32)(H,28,29,30). The first-order valence-electron chi connectivity index (χ1n) is 9.94. The lowest BCUT2D eigenvalue weighted by Crippen LogP contribution is -2.13. The van der Waals surface area contributed by atoms with Crippen LogP contribution in [0.15, 0.2) is 48.8 Å². The van der Waals surface area contributed by atoms with E-state index in [1.54, 1.807) is 36.4 Å². The van der Waals surface area contributed by atoms with E-state index in [1.165, 1.54) is 6.33 Å². The Balaban J connectivity index is 1.61. The molecule has 4 aromatic rings. The normalized spacial score (nSPS) is 11.9. The molecular formula is C23H19F3N6O. The Morgan fingerprint density at radius 2 is 1.79 bits per heavy atom. The van der Waals surface area contributed by atoms with E-state index in [9.17, 15) is 18.0 Å². The van der Waals surface area contributed by atoms with Gasteiger partial charge in [-0.15, -0.1) is 0 Å². The van der Waals surface area contributed by atoms with E-state index < -0.39 is 34.9 Å². The van der Waals surface area contributed by atoms with Crippen molar-refractivity contribution in [3.63, 3.8) is 0 Å². The van der Waals surface area contributed by atoms with Crippen LogP contribution in [0.3, 0.4) is 0 Å². The number of rotatable bonds is 6. The molecule has 0 bridgehead atoms. The van der Waals surface area contributed by atoms with E-state index in [1.807, 2.05) is 13.0 Å². The number of aromatic nitrogens is 3. The number of anilines is 3. The van der Waals surface area contributed by atoms with E-state index in [2.05, 4.69) is 25.6 Å². The van der Waals surface area contributed by atoms with Crippen LogP contribution in [0.5, 0.6) is 0 Å². The molecule has 1 atom stereocenters. The van der Waals surface area contributed by atoms with Crippen LogP contribution in [0.4, 0.5) is 30.5 Å². The molecular weight excluding hydrogens is 433 g/mol. The number of carbonyl (C=O) groups is 1. The number of pyridine rings is 1. The van der Waals surface area contributed by atoms with Crippen LogP contribution in [-0.4, -0.2) is 20.9 Å². The smallest absolute Gasteiger partial charge is 0.251 e. The number of hydrogen-bond acceptors (Lipinski definition) is 6. The number of nitrogens with two attached hydrogens (primary N) is 1. The second-order valence-corrected chi connectivity index (χ2v) is 7.41. The topological polar surface area (TPSA) is 106 Å². The first-order chi connectivity index (χ1) is 15.8. The Morgan fingerprint density at radius 1 is 1.03 bits per heavy atom. The predicted octanol–water partition coefficient (Wildman–Crippen LogP) is 4.77. The maximum absolute atomic E-state index is 14.3. The fourth-order valence-electron chi connectivity index (χ4n) is 3.42. The molecule has 0 aliphatic heterocycles. The Morgan fingerprint density at radius 3 is 2.55 bits per heavy atom. The van der Waals surface area contributed by atoms with Gasteiger partial charge in [-0.3, -0.25) is 4.79 Å². The Hall–Kier alpha value is -4.21. The molecule has 1 amide bonds. The van der Waals surface area contributed by atoms with Crippen LogP contribution in [0, 0.1) is 24.5 Å². The average molecular weight is 452 g/mol. The summed E-state index contributed by atoms with van der Waals surface area (Å²) in [6.07, 6.45) is 1.33. The van der Waals surface area contributed by atoms with Crippen LogP contribution in [0.2, 0.25) is 0 Å². The van der Waals surface area contributed by atoms with Gasteiger partial charge < -0.3 is 16.4 Å². The number of nitrogens with one attached hydrogen (secondary N) is 2. The molecule has 2 heterocycles. The molecule has 0 radical (unpaired) electrons. The van der Waals surface area contributed by atoms with Crippen molar-refractivity contribution >= 4 is 34.1 Å². The number of carbonyl (C=O) groups excluding carboxylic acids is 1. The van der Waals surface area contributed by atoms with Crippen LogP contribution in [0.1, 0.15) is 34.5 Å². The molecule has 10 heteroatoms. The second-order valence-electron chi connectivity index (χ2n) is 7.41. The summed E-state index contributed by atoms with van der Waals surface area (Å²) in [5.74, 6) is -4.17. The van der Waals surface area contributed by atoms with Gasteiger partial charge in [0, 0.05) is 16.6 Å². The highest BCUT2D eigenvalue weighted by molar-refractivity contribution is 6.06. The first kappa shape index (κ1) is 22.0. The predicted molar refractivity (Wildman–Crippen MR) is 119 cm³/mol. The van der Waals surface area contributed by atoms with E-state index in [0.29, 0.717) is 22.4 Å². The second kappa shape index (κ2) is 8.73. The summed E-state index contributed by atoms with van der Waals surface area (Å²) in [4.78, 5) is 23.5. The van der Waals surface area contributed by atoms with Gasteiger partial charge >= 0.3 is 0 Å². The van der Waals surface area contributed by atoms with E-state index in [4.69, 9.17) is 5.73 Å². The van der Waals surface area contributed by atoms with Gasteiger partial charge in [0.25, 0.3) is 11.9 Å². The SMILES string of the molecule is Cc1c(F)c(F)nc(Nc2cccc(C(C)Nc3ncnc4c(C(N)=O)cccc34)c2)c1F. The van der Waals surface area contributed by atoms with Gasteiger partial charge in [0.15, 0.2) is 17.5 Å². The summed E-state index contributed by atoms with van der Waals surface area (Å²) in [5, 5.41) is 6.58. The summed E-state index contributed by atoms with van der Waals surface area (Å²) < 4.78 is 41.5. The van der Waals surface area contributed by atoms with Gasteiger partial charge in [0.1, 0.15) is 12.1 Å². The molecule has 7 nitrogen and oxygen atoms in total. The van der Waals surface area contributed by atoms with Crippen LogP contribution >= 0.6 is 0 Å². The Labute approximate surface area is 186 Å². The Bertz CT molecular complexity index is 1380. The molecule has 4 rings (SSSR count). The summed E-state index contributed by atoms with van der Waals surface area (Å²) in [6.45, 7) is 3.02. The van der Waals surface area contributed by atoms with Crippen LogP contribution in [-0.2, 0) is 0 Å². The summed E-state index contributed by atoms with van der Waals surface area (Å²) >= 11 is 0. The number of hydrogen-bond donors (Lipinski definition) is 3. The van der Waals surface area contributed by atoms with Gasteiger partial charge in [-0.1, -0.05) is 18.2 Å². The summed E-state index contributed by atoms with van der Waals surface area (Å²) in [7, 11) is 0. The molecule has 0 aliphatic carbocycles. The van der Waals surface area contributed by atoms with Gasteiger partial charge in [-0.25, -0.2) is 18.7 Å². The number of fused-ring (bicyclic) bond motifs is 1. The highest BCUT2D eigenvalue weighted by Crippen LogP contribution is 2.28. The largest absolute Gasteiger partial charge is 0.366 e. The van der Waals surface area contributed by atoms with Crippen molar-refractivity contribution < 1.29 is 18.0 Å². The van der Waals surface area contributed by atoms with E-state index in [0.717, 1.165) is 12.5 Å². The molecule has 0 spiro atoms. The Kier molecular flexibility index (Phi) is 5.82. The third-order valence-corrected chi connectivity index (χ3v) is 5.19. The fraction of sp³-hybridized carbons (Fsp3) is 0.130. The fourth-order valence-corrected chi connectivity index (χ4v) is 3.42. The zero-order valence-electron chi connectivity index (χ0n) is 17.7.